The van der Waals surface area contributed by atoms with E-state index in [-0.39, 0.29) is 0 Å². The second-order valence-corrected chi connectivity index (χ2v) is 6.98. The van der Waals surface area contributed by atoms with Crippen molar-refractivity contribution in [2.75, 3.05) is 18.0 Å². The predicted molar refractivity (Wildman–Crippen MR) is 106 cm³/mol. The highest BCUT2D eigenvalue weighted by atomic mass is 15.2. The number of allylic oxidation sites excluding steroid dienone is 1. The molecule has 0 bridgehead atoms. The fourth-order valence-electron chi connectivity index (χ4n) is 3.92. The minimum absolute atomic E-state index is 0.884. The Morgan fingerprint density at radius 1 is 0.846 bits per heavy atom. The lowest BCUT2D eigenvalue weighted by molar-refractivity contribution is 0.935. The van der Waals surface area contributed by atoms with Crippen molar-refractivity contribution in [3.8, 4) is 11.1 Å². The van der Waals surface area contributed by atoms with Crippen LogP contribution in [0.4, 0.5) is 5.82 Å². The summed E-state index contributed by atoms with van der Waals surface area (Å²) in [6.07, 6.45) is 7.67. The fourth-order valence-corrected chi connectivity index (χ4v) is 3.92. The molecule has 3 aromatic rings. The maximum absolute atomic E-state index is 4.97. The Labute approximate surface area is 154 Å². The summed E-state index contributed by atoms with van der Waals surface area (Å²) in [5.74, 6) is 1.10. The molecular weight excluding hydrogens is 318 g/mol. The summed E-state index contributed by atoms with van der Waals surface area (Å²) in [7, 11) is 0. The van der Waals surface area contributed by atoms with Crippen LogP contribution in [0.2, 0.25) is 0 Å². The average molecular weight is 339 g/mol. The molecular formula is C23H21N3. The van der Waals surface area contributed by atoms with E-state index in [1.165, 1.54) is 29.5 Å². The molecule has 1 aromatic carbocycles. The van der Waals surface area contributed by atoms with Crippen molar-refractivity contribution in [3.05, 3.63) is 83.8 Å². The predicted octanol–water partition coefficient (Wildman–Crippen LogP) is 4.73. The Bertz CT molecular complexity index is 970. The van der Waals surface area contributed by atoms with E-state index in [0.717, 1.165) is 42.3 Å². The van der Waals surface area contributed by atoms with Crippen LogP contribution in [0.25, 0.3) is 16.7 Å². The first kappa shape index (κ1) is 15.3. The molecule has 2 aromatic heterocycles. The van der Waals surface area contributed by atoms with E-state index in [0.29, 0.717) is 0 Å². The van der Waals surface area contributed by atoms with Gasteiger partial charge in [-0.1, -0.05) is 42.5 Å². The molecule has 5 rings (SSSR count). The highest BCUT2D eigenvalue weighted by molar-refractivity contribution is 5.84. The van der Waals surface area contributed by atoms with Crippen LogP contribution in [0.15, 0.2) is 66.9 Å². The summed E-state index contributed by atoms with van der Waals surface area (Å²) in [6, 6.07) is 19.1. The topological polar surface area (TPSA) is 29.0 Å². The van der Waals surface area contributed by atoms with Gasteiger partial charge in [-0.05, 0) is 36.6 Å². The van der Waals surface area contributed by atoms with Crippen LogP contribution in [0, 0.1) is 0 Å². The number of pyridine rings is 2. The molecule has 1 aliphatic carbocycles. The van der Waals surface area contributed by atoms with E-state index >= 15 is 0 Å². The third kappa shape index (κ3) is 2.70. The van der Waals surface area contributed by atoms with Crippen molar-refractivity contribution in [3.63, 3.8) is 0 Å². The van der Waals surface area contributed by atoms with Crippen LogP contribution in [0.1, 0.15) is 29.8 Å². The third-order valence-corrected chi connectivity index (χ3v) is 5.31. The van der Waals surface area contributed by atoms with Gasteiger partial charge in [0.25, 0.3) is 0 Å². The van der Waals surface area contributed by atoms with Crippen LogP contribution in [0.5, 0.6) is 0 Å². The average Bonchev–Trinajstić information content (AvgIpc) is 3.38. The fraction of sp³-hybridized carbons (Fsp3) is 0.217. The summed E-state index contributed by atoms with van der Waals surface area (Å²) in [5, 5.41) is 0. The molecule has 26 heavy (non-hydrogen) atoms. The summed E-state index contributed by atoms with van der Waals surface area (Å²) in [6.45, 7) is 2.23. The van der Waals surface area contributed by atoms with Gasteiger partial charge in [0, 0.05) is 42.4 Å². The van der Waals surface area contributed by atoms with Gasteiger partial charge in [-0.25, -0.2) is 4.98 Å². The summed E-state index contributed by atoms with van der Waals surface area (Å²) >= 11 is 0. The normalized spacial score (nSPS) is 15.8. The van der Waals surface area contributed by atoms with Gasteiger partial charge in [0.05, 0.1) is 11.4 Å². The first-order chi connectivity index (χ1) is 12.9. The smallest absolute Gasteiger partial charge is 0.129 e. The second kappa shape index (κ2) is 6.41. The van der Waals surface area contributed by atoms with Crippen LogP contribution in [-0.4, -0.2) is 23.1 Å². The molecule has 0 atom stereocenters. The number of anilines is 1. The molecule has 0 unspecified atom stereocenters. The van der Waals surface area contributed by atoms with Gasteiger partial charge in [0.2, 0.25) is 0 Å². The molecule has 0 saturated carbocycles. The Balaban J connectivity index is 1.52. The molecule has 3 nitrogen and oxygen atoms in total. The lowest BCUT2D eigenvalue weighted by atomic mass is 10.0. The highest BCUT2D eigenvalue weighted by Gasteiger charge is 2.20. The van der Waals surface area contributed by atoms with E-state index in [1.54, 1.807) is 0 Å². The molecule has 2 aliphatic rings. The zero-order valence-electron chi connectivity index (χ0n) is 14.7. The molecule has 3 heteroatoms. The molecule has 0 N–H and O–H groups in total. The Morgan fingerprint density at radius 2 is 1.69 bits per heavy atom. The minimum Gasteiger partial charge on any atom is -0.357 e. The lowest BCUT2D eigenvalue weighted by Crippen LogP contribution is -2.19. The van der Waals surface area contributed by atoms with Gasteiger partial charge in [-0.15, -0.1) is 0 Å². The maximum Gasteiger partial charge on any atom is 0.129 e. The summed E-state index contributed by atoms with van der Waals surface area (Å²) in [5.41, 5.74) is 7.00. The highest BCUT2D eigenvalue weighted by Crippen LogP contribution is 2.34. The van der Waals surface area contributed by atoms with Gasteiger partial charge in [-0.2, -0.15) is 0 Å². The van der Waals surface area contributed by atoms with E-state index in [2.05, 4.69) is 59.5 Å². The minimum atomic E-state index is 0.884. The summed E-state index contributed by atoms with van der Waals surface area (Å²) in [4.78, 5) is 12.1. The molecule has 0 radical (unpaired) electrons. The van der Waals surface area contributed by atoms with Gasteiger partial charge in [-0.3, -0.25) is 4.98 Å². The van der Waals surface area contributed by atoms with E-state index in [9.17, 15) is 0 Å². The number of rotatable bonds is 3. The zero-order chi connectivity index (χ0) is 17.3. The van der Waals surface area contributed by atoms with Gasteiger partial charge in [0.15, 0.2) is 0 Å². The number of benzene rings is 1. The van der Waals surface area contributed by atoms with Crippen LogP contribution < -0.4 is 4.90 Å². The molecule has 0 amide bonds. The van der Waals surface area contributed by atoms with Crippen molar-refractivity contribution in [1.29, 1.82) is 0 Å². The number of hydrogen-bond acceptors (Lipinski definition) is 3. The third-order valence-electron chi connectivity index (χ3n) is 5.31. The zero-order valence-corrected chi connectivity index (χ0v) is 14.7. The van der Waals surface area contributed by atoms with Crippen molar-refractivity contribution in [1.82, 2.24) is 9.97 Å². The Morgan fingerprint density at radius 3 is 2.54 bits per heavy atom. The van der Waals surface area contributed by atoms with E-state index in [1.807, 2.05) is 12.3 Å². The summed E-state index contributed by atoms with van der Waals surface area (Å²) < 4.78 is 0. The second-order valence-electron chi connectivity index (χ2n) is 6.98. The van der Waals surface area contributed by atoms with Crippen LogP contribution in [-0.2, 0) is 6.42 Å². The van der Waals surface area contributed by atoms with Crippen molar-refractivity contribution in [2.24, 2.45) is 0 Å². The van der Waals surface area contributed by atoms with Gasteiger partial charge < -0.3 is 4.90 Å². The number of fused-ring (bicyclic) bond motifs is 1. The molecule has 1 fully saturated rings. The molecule has 1 aliphatic heterocycles. The first-order valence-corrected chi connectivity index (χ1v) is 9.36. The van der Waals surface area contributed by atoms with Crippen molar-refractivity contribution < 1.29 is 0 Å². The standard InChI is InChI=1S/C23H21N3/c1-2-7-17(8-3-1)18-15-20-19(11-12-21(20)24-16-18)22-9-6-10-23(25-22)26-13-4-5-14-26/h1-3,6-11,15-16H,4-5,12-14H2. The van der Waals surface area contributed by atoms with Crippen molar-refractivity contribution in [2.45, 2.75) is 19.3 Å². The number of hydrogen-bond donors (Lipinski definition) is 0. The van der Waals surface area contributed by atoms with Crippen LogP contribution >= 0.6 is 0 Å². The Hall–Kier alpha value is -2.94. The molecule has 0 spiro atoms. The molecule has 1 saturated heterocycles. The Kier molecular flexibility index (Phi) is 3.78. The van der Waals surface area contributed by atoms with E-state index < -0.39 is 0 Å². The lowest BCUT2D eigenvalue weighted by Gasteiger charge is -2.17. The first-order valence-electron chi connectivity index (χ1n) is 9.36. The molecule has 128 valence electrons. The largest absolute Gasteiger partial charge is 0.357 e. The van der Waals surface area contributed by atoms with E-state index in [4.69, 9.17) is 9.97 Å². The quantitative estimate of drug-likeness (QED) is 0.691. The monoisotopic (exact) mass is 339 g/mol. The SMILES string of the molecule is C1=C(c2cccc(N3CCCC3)n2)c2cc(-c3ccccc3)cnc2C1. The molecule has 3 heterocycles. The number of aromatic nitrogens is 2. The van der Waals surface area contributed by atoms with Gasteiger partial charge >= 0.3 is 0 Å². The van der Waals surface area contributed by atoms with Crippen LogP contribution in [0.3, 0.4) is 0 Å². The van der Waals surface area contributed by atoms with Gasteiger partial charge in [0.1, 0.15) is 5.82 Å². The number of nitrogens with zero attached hydrogens (tertiary/aromatic N) is 3. The maximum atomic E-state index is 4.97. The van der Waals surface area contributed by atoms with Crippen molar-refractivity contribution >= 4 is 11.4 Å².